The molecule has 0 spiro atoms. The van der Waals surface area contributed by atoms with Crippen molar-refractivity contribution in [3.63, 3.8) is 0 Å². The zero-order valence-corrected chi connectivity index (χ0v) is 15.7. The van der Waals surface area contributed by atoms with Crippen molar-refractivity contribution in [2.45, 2.75) is 31.5 Å². The summed E-state index contributed by atoms with van der Waals surface area (Å²) < 4.78 is 14.2. The van der Waals surface area contributed by atoms with Gasteiger partial charge in [-0.05, 0) is 37.6 Å². The summed E-state index contributed by atoms with van der Waals surface area (Å²) in [4.78, 5) is 31.2. The highest BCUT2D eigenvalue weighted by molar-refractivity contribution is 5.94. The van der Waals surface area contributed by atoms with E-state index < -0.39 is 23.3 Å². The number of aromatic nitrogens is 2. The third kappa shape index (κ3) is 4.05. The molecule has 2 aromatic rings. The molecule has 2 heterocycles. The number of nitrogens with zero attached hydrogens (tertiary/aromatic N) is 3. The molecular formula is C19H23FN4O4. The monoisotopic (exact) mass is 390 g/mol. The van der Waals surface area contributed by atoms with E-state index in [1.54, 1.807) is 0 Å². The third-order valence-corrected chi connectivity index (χ3v) is 5.02. The molecule has 150 valence electrons. The molecule has 1 aliphatic rings. The molecule has 1 aromatic heterocycles. The minimum Gasteiger partial charge on any atom is -0.501 e. The molecule has 28 heavy (non-hydrogen) atoms. The fourth-order valence-electron chi connectivity index (χ4n) is 3.30. The molecular weight excluding hydrogens is 367 g/mol. The zero-order valence-electron chi connectivity index (χ0n) is 15.7. The number of piperidine rings is 1. The van der Waals surface area contributed by atoms with Gasteiger partial charge in [-0.3, -0.25) is 19.1 Å². The topological polar surface area (TPSA) is 108 Å². The number of rotatable bonds is 4. The van der Waals surface area contributed by atoms with Gasteiger partial charge in [0.15, 0.2) is 5.69 Å². The van der Waals surface area contributed by atoms with Crippen molar-refractivity contribution < 1.29 is 19.4 Å². The molecule has 0 bridgehead atoms. The van der Waals surface area contributed by atoms with Gasteiger partial charge in [0.25, 0.3) is 11.5 Å². The predicted molar refractivity (Wildman–Crippen MR) is 99.3 cm³/mol. The van der Waals surface area contributed by atoms with Crippen LogP contribution in [0.25, 0.3) is 0 Å². The quantitative estimate of drug-likeness (QED) is 0.709. The fraction of sp³-hybridized carbons (Fsp3) is 0.421. The minimum atomic E-state index is -0.734. The van der Waals surface area contributed by atoms with Gasteiger partial charge in [-0.2, -0.15) is 0 Å². The number of aliphatic hydroxyl groups is 1. The molecule has 2 atom stereocenters. The van der Waals surface area contributed by atoms with Crippen molar-refractivity contribution in [2.24, 2.45) is 7.05 Å². The number of aliphatic hydroxyl groups excluding tert-OH is 1. The molecule has 1 aliphatic heterocycles. The molecule has 1 unspecified atom stereocenters. The van der Waals surface area contributed by atoms with E-state index >= 15 is 0 Å². The number of likely N-dealkylation sites (tertiary alicyclic amines) is 1. The number of benzene rings is 1. The van der Waals surface area contributed by atoms with E-state index in [-0.39, 0.29) is 24.1 Å². The van der Waals surface area contributed by atoms with Crippen LogP contribution in [0.5, 0.6) is 5.75 Å². The average Bonchev–Trinajstić information content (AvgIpc) is 2.68. The molecule has 3 rings (SSSR count). The van der Waals surface area contributed by atoms with Gasteiger partial charge >= 0.3 is 0 Å². The van der Waals surface area contributed by atoms with Gasteiger partial charge in [0, 0.05) is 20.1 Å². The highest BCUT2D eigenvalue weighted by Gasteiger charge is 2.31. The molecule has 0 saturated carbocycles. The number of hydrogen-bond donors (Lipinski definition) is 3. The Kier molecular flexibility index (Phi) is 5.76. The number of halogens is 1. The maximum absolute atomic E-state index is 13.0. The van der Waals surface area contributed by atoms with Gasteiger partial charge in [-0.25, -0.2) is 9.37 Å². The first-order chi connectivity index (χ1) is 13.3. The van der Waals surface area contributed by atoms with Crippen LogP contribution >= 0.6 is 0 Å². The first kappa shape index (κ1) is 20.0. The first-order valence-electron chi connectivity index (χ1n) is 8.98. The Hall–Kier alpha value is -2.78. The van der Waals surface area contributed by atoms with Crippen molar-refractivity contribution in [2.75, 3.05) is 13.6 Å². The van der Waals surface area contributed by atoms with E-state index in [0.717, 1.165) is 0 Å². The number of hydrogen-bond acceptors (Lipinski definition) is 6. The van der Waals surface area contributed by atoms with Gasteiger partial charge in [0.2, 0.25) is 5.75 Å². The maximum atomic E-state index is 13.0. The smallest absolute Gasteiger partial charge is 0.296 e. The molecule has 1 amide bonds. The van der Waals surface area contributed by atoms with Crippen molar-refractivity contribution in [1.82, 2.24) is 19.8 Å². The lowest BCUT2D eigenvalue weighted by atomic mass is 9.99. The first-order valence-corrected chi connectivity index (χ1v) is 8.98. The fourth-order valence-corrected chi connectivity index (χ4v) is 3.30. The van der Waals surface area contributed by atoms with E-state index in [0.29, 0.717) is 30.8 Å². The molecule has 0 aliphatic carbocycles. The Labute approximate surface area is 161 Å². The van der Waals surface area contributed by atoms with Crippen LogP contribution < -0.4 is 10.9 Å². The van der Waals surface area contributed by atoms with Crippen LogP contribution in [0.15, 0.2) is 29.1 Å². The van der Waals surface area contributed by atoms with E-state index in [1.165, 1.54) is 35.9 Å². The number of carbonyl (C=O) groups excluding carboxylic acids is 1. The van der Waals surface area contributed by atoms with Gasteiger partial charge < -0.3 is 15.5 Å². The Morgan fingerprint density at radius 3 is 2.68 bits per heavy atom. The lowest BCUT2D eigenvalue weighted by Crippen LogP contribution is -2.40. The highest BCUT2D eigenvalue weighted by Crippen LogP contribution is 2.28. The summed E-state index contributed by atoms with van der Waals surface area (Å²) in [7, 11) is 3.32. The minimum absolute atomic E-state index is 0.0901. The number of amides is 1. The Bertz CT molecular complexity index is 929. The van der Waals surface area contributed by atoms with Crippen LogP contribution in [0.1, 0.15) is 40.8 Å². The van der Waals surface area contributed by atoms with Crippen LogP contribution in [0.2, 0.25) is 0 Å². The van der Waals surface area contributed by atoms with Crippen LogP contribution in [0.4, 0.5) is 4.39 Å². The molecule has 1 fully saturated rings. The maximum Gasteiger partial charge on any atom is 0.296 e. The molecule has 0 radical (unpaired) electrons. The van der Waals surface area contributed by atoms with Crippen molar-refractivity contribution in [3.8, 4) is 5.75 Å². The van der Waals surface area contributed by atoms with Gasteiger partial charge in [0.1, 0.15) is 11.6 Å². The third-order valence-electron chi connectivity index (χ3n) is 5.02. The summed E-state index contributed by atoms with van der Waals surface area (Å²) in [6, 6.07) is 5.24. The van der Waals surface area contributed by atoms with Crippen LogP contribution in [-0.4, -0.2) is 50.3 Å². The SMILES string of the molecule is CN1CC[C@@H](O)CC1c1nc(C(=O)NCc2ccc(F)cc2)c(O)c(=O)n1C. The summed E-state index contributed by atoms with van der Waals surface area (Å²) in [6.07, 6.45) is 0.463. The second-order valence-electron chi connectivity index (χ2n) is 7.02. The van der Waals surface area contributed by atoms with Gasteiger partial charge in [-0.15, -0.1) is 0 Å². The average molecular weight is 390 g/mol. The summed E-state index contributed by atoms with van der Waals surface area (Å²) in [6.45, 7) is 0.710. The molecule has 8 nitrogen and oxygen atoms in total. The number of aromatic hydroxyl groups is 1. The summed E-state index contributed by atoms with van der Waals surface area (Å²) in [5.41, 5.74) is -0.437. The number of nitrogens with one attached hydrogen (secondary N) is 1. The summed E-state index contributed by atoms with van der Waals surface area (Å²) in [5, 5.41) is 22.7. The normalized spacial score (nSPS) is 20.1. The van der Waals surface area contributed by atoms with Crippen LogP contribution in [0.3, 0.4) is 0 Å². The Balaban J connectivity index is 1.88. The summed E-state index contributed by atoms with van der Waals surface area (Å²) in [5.74, 6) is -1.53. The summed E-state index contributed by atoms with van der Waals surface area (Å²) >= 11 is 0. The Morgan fingerprint density at radius 2 is 2.00 bits per heavy atom. The Morgan fingerprint density at radius 1 is 1.32 bits per heavy atom. The zero-order chi connectivity index (χ0) is 20.4. The lowest BCUT2D eigenvalue weighted by molar-refractivity contribution is 0.0502. The van der Waals surface area contributed by atoms with Crippen molar-refractivity contribution >= 4 is 5.91 Å². The second-order valence-corrected chi connectivity index (χ2v) is 7.02. The molecule has 1 aromatic carbocycles. The van der Waals surface area contributed by atoms with Crippen LogP contribution in [0, 0.1) is 5.82 Å². The molecule has 9 heteroatoms. The van der Waals surface area contributed by atoms with Crippen molar-refractivity contribution in [3.05, 3.63) is 57.5 Å². The van der Waals surface area contributed by atoms with E-state index in [9.17, 15) is 24.2 Å². The van der Waals surface area contributed by atoms with E-state index in [2.05, 4.69) is 10.3 Å². The standard InChI is InChI=1S/C19H23FN4O4/c1-23-8-7-13(25)9-14(23)17-22-15(16(26)19(28)24(17)2)18(27)21-10-11-3-5-12(20)6-4-11/h3-6,13-14,25-26H,7-10H2,1-2H3,(H,21,27)/t13-,14?/m1/s1. The van der Waals surface area contributed by atoms with E-state index in [1.807, 2.05) is 11.9 Å². The van der Waals surface area contributed by atoms with Crippen molar-refractivity contribution in [1.29, 1.82) is 0 Å². The number of carbonyl (C=O) groups is 1. The largest absolute Gasteiger partial charge is 0.501 e. The van der Waals surface area contributed by atoms with E-state index in [4.69, 9.17) is 0 Å². The van der Waals surface area contributed by atoms with Gasteiger partial charge in [0.05, 0.1) is 12.1 Å². The van der Waals surface area contributed by atoms with Gasteiger partial charge in [-0.1, -0.05) is 12.1 Å². The predicted octanol–water partition coefficient (Wildman–Crippen LogP) is 0.683. The van der Waals surface area contributed by atoms with Crippen LogP contribution in [-0.2, 0) is 13.6 Å². The second kappa shape index (κ2) is 8.07. The molecule has 3 N–H and O–H groups in total. The lowest BCUT2D eigenvalue weighted by Gasteiger charge is -2.35. The molecule has 1 saturated heterocycles. The highest BCUT2D eigenvalue weighted by atomic mass is 19.1.